The van der Waals surface area contributed by atoms with Gasteiger partial charge in [-0.1, -0.05) is 30.3 Å². The zero-order valence-corrected chi connectivity index (χ0v) is 13.9. The first kappa shape index (κ1) is 20.0. The van der Waals surface area contributed by atoms with Crippen LogP contribution in [0.1, 0.15) is 12.0 Å². The van der Waals surface area contributed by atoms with Crippen molar-refractivity contribution in [3.8, 4) is 0 Å². The van der Waals surface area contributed by atoms with Gasteiger partial charge in [0.2, 0.25) is 0 Å². The number of carbonyl (C=O) groups is 1. The summed E-state index contributed by atoms with van der Waals surface area (Å²) in [4.78, 5) is 48.1. The second kappa shape index (κ2) is 8.17. The monoisotopic (exact) mass is 367 g/mol. The minimum Gasteiger partial charge on any atom is -0.480 e. The molecule has 1 aromatic rings. The molecule has 0 bridgehead atoms. The summed E-state index contributed by atoms with van der Waals surface area (Å²) in [6.07, 6.45) is -1.83. The van der Waals surface area contributed by atoms with Crippen LogP contribution in [0, 0.1) is 0 Å². The van der Waals surface area contributed by atoms with Crippen LogP contribution in [0.5, 0.6) is 0 Å². The van der Waals surface area contributed by atoms with Crippen molar-refractivity contribution in [3.63, 3.8) is 0 Å². The number of hydrogen-bond acceptors (Lipinski definition) is 4. The largest absolute Gasteiger partial charge is 0.480 e. The average molecular weight is 367 g/mol. The maximum Gasteiger partial charge on any atom is 0.339 e. The lowest BCUT2D eigenvalue weighted by Crippen LogP contribution is -2.42. The molecule has 0 unspecified atom stereocenters. The van der Waals surface area contributed by atoms with Crippen LogP contribution in [-0.4, -0.2) is 54.2 Å². The molecule has 130 valence electrons. The van der Waals surface area contributed by atoms with Gasteiger partial charge >= 0.3 is 21.2 Å². The molecule has 0 spiro atoms. The van der Waals surface area contributed by atoms with Crippen molar-refractivity contribution < 1.29 is 38.6 Å². The molecule has 0 fully saturated rings. The second-order valence-corrected chi connectivity index (χ2v) is 8.30. The Bertz CT molecular complexity index is 587. The Morgan fingerprint density at radius 1 is 1.00 bits per heavy atom. The van der Waals surface area contributed by atoms with Crippen LogP contribution in [0.15, 0.2) is 30.3 Å². The molecule has 0 heterocycles. The number of carboxylic acid groups (broad SMARTS) is 1. The SMILES string of the molecule is O=C(O)[C@H](CCc1ccccc1)N(CP(=O)(O)O)CP(=O)(O)O. The molecule has 1 aromatic carbocycles. The van der Waals surface area contributed by atoms with Gasteiger partial charge in [0.1, 0.15) is 18.6 Å². The maximum absolute atomic E-state index is 11.4. The van der Waals surface area contributed by atoms with Crippen LogP contribution in [0.3, 0.4) is 0 Å². The Kier molecular flexibility index (Phi) is 7.10. The van der Waals surface area contributed by atoms with E-state index >= 15 is 0 Å². The third-order valence-electron chi connectivity index (χ3n) is 3.01. The molecular formula is C12H19NO8P2. The molecule has 9 nitrogen and oxygen atoms in total. The van der Waals surface area contributed by atoms with Crippen molar-refractivity contribution in [1.82, 2.24) is 4.90 Å². The van der Waals surface area contributed by atoms with Crippen molar-refractivity contribution in [2.45, 2.75) is 18.9 Å². The van der Waals surface area contributed by atoms with Gasteiger partial charge in [0.05, 0.1) is 0 Å². The predicted molar refractivity (Wildman–Crippen MR) is 81.8 cm³/mol. The average Bonchev–Trinajstić information content (AvgIpc) is 2.35. The first-order valence-corrected chi connectivity index (χ1v) is 10.2. The normalized spacial score (nSPS) is 14.0. The van der Waals surface area contributed by atoms with Gasteiger partial charge in [-0.2, -0.15) is 0 Å². The molecule has 0 aliphatic carbocycles. The second-order valence-electron chi connectivity index (χ2n) is 5.08. The molecule has 1 atom stereocenters. The van der Waals surface area contributed by atoms with E-state index in [2.05, 4.69) is 0 Å². The Hall–Kier alpha value is -1.05. The first-order chi connectivity index (χ1) is 10.5. The summed E-state index contributed by atoms with van der Waals surface area (Å²) in [5.74, 6) is -1.40. The highest BCUT2D eigenvalue weighted by Crippen LogP contribution is 2.42. The van der Waals surface area contributed by atoms with Crippen LogP contribution >= 0.6 is 15.2 Å². The number of aryl methyl sites for hydroxylation is 1. The summed E-state index contributed by atoms with van der Waals surface area (Å²) >= 11 is 0. The first-order valence-electron chi connectivity index (χ1n) is 6.58. The lowest BCUT2D eigenvalue weighted by molar-refractivity contribution is -0.142. The Morgan fingerprint density at radius 2 is 1.48 bits per heavy atom. The summed E-state index contributed by atoms with van der Waals surface area (Å²) in [5.41, 5.74) is 0.811. The molecule has 0 amide bonds. The lowest BCUT2D eigenvalue weighted by atomic mass is 10.0. The summed E-state index contributed by atoms with van der Waals surface area (Å²) in [7, 11) is -9.36. The minimum atomic E-state index is -4.68. The van der Waals surface area contributed by atoms with Crippen molar-refractivity contribution >= 4 is 21.2 Å². The maximum atomic E-state index is 11.4. The summed E-state index contributed by atoms with van der Waals surface area (Å²) in [5, 5.41) is 9.27. The van der Waals surface area contributed by atoms with E-state index in [1.54, 1.807) is 30.3 Å². The molecule has 5 N–H and O–H groups in total. The highest BCUT2D eigenvalue weighted by molar-refractivity contribution is 7.52. The molecule has 0 aliphatic heterocycles. The van der Waals surface area contributed by atoms with Crippen LogP contribution in [-0.2, 0) is 20.3 Å². The number of hydrogen-bond donors (Lipinski definition) is 5. The fraction of sp³-hybridized carbons (Fsp3) is 0.417. The molecular weight excluding hydrogens is 348 g/mol. The van der Waals surface area contributed by atoms with E-state index in [4.69, 9.17) is 19.6 Å². The van der Waals surface area contributed by atoms with E-state index < -0.39 is 39.8 Å². The molecule has 11 heteroatoms. The molecule has 0 radical (unpaired) electrons. The van der Waals surface area contributed by atoms with Gasteiger partial charge in [-0.3, -0.25) is 18.8 Å². The van der Waals surface area contributed by atoms with Crippen LogP contribution in [0.2, 0.25) is 0 Å². The smallest absolute Gasteiger partial charge is 0.339 e. The number of carboxylic acids is 1. The lowest BCUT2D eigenvalue weighted by Gasteiger charge is -2.29. The van der Waals surface area contributed by atoms with E-state index in [1.165, 1.54) is 0 Å². The number of rotatable bonds is 9. The van der Waals surface area contributed by atoms with Crippen LogP contribution < -0.4 is 0 Å². The van der Waals surface area contributed by atoms with Gasteiger partial charge in [0.25, 0.3) is 0 Å². The third-order valence-corrected chi connectivity index (χ3v) is 4.47. The van der Waals surface area contributed by atoms with Gasteiger partial charge in [0.15, 0.2) is 0 Å². The van der Waals surface area contributed by atoms with Gasteiger partial charge in [-0.15, -0.1) is 0 Å². The van der Waals surface area contributed by atoms with Gasteiger partial charge in [-0.05, 0) is 18.4 Å². The van der Waals surface area contributed by atoms with E-state index in [0.717, 1.165) is 5.56 Å². The molecule has 1 rings (SSSR count). The van der Waals surface area contributed by atoms with E-state index in [-0.39, 0.29) is 12.8 Å². The quantitative estimate of drug-likeness (QED) is 0.395. The van der Waals surface area contributed by atoms with E-state index in [1.807, 2.05) is 0 Å². The van der Waals surface area contributed by atoms with Crippen molar-refractivity contribution in [2.75, 3.05) is 12.6 Å². The number of benzene rings is 1. The summed E-state index contributed by atoms with van der Waals surface area (Å²) < 4.78 is 22.3. The summed E-state index contributed by atoms with van der Waals surface area (Å²) in [6.45, 7) is 0. The standard InChI is InChI=1S/C12H19NO8P2/c14-12(15)11(7-6-10-4-2-1-3-5-10)13(8-22(16,17)18)9-23(19,20)21/h1-5,11H,6-9H2,(H,14,15)(H2,16,17,18)(H2,19,20,21)/t11-/m0/s1. The van der Waals surface area contributed by atoms with Crippen LogP contribution in [0.4, 0.5) is 0 Å². The Labute approximate surface area is 132 Å². The molecule has 0 saturated carbocycles. The number of nitrogens with zero attached hydrogens (tertiary/aromatic N) is 1. The van der Waals surface area contributed by atoms with E-state index in [0.29, 0.717) is 4.90 Å². The van der Waals surface area contributed by atoms with Gasteiger partial charge in [0, 0.05) is 0 Å². The molecule has 0 saturated heterocycles. The summed E-state index contributed by atoms with van der Waals surface area (Å²) in [6, 6.07) is 7.40. The predicted octanol–water partition coefficient (Wildman–Crippen LogP) is 0.645. The van der Waals surface area contributed by atoms with Crippen LogP contribution in [0.25, 0.3) is 0 Å². The Morgan fingerprint density at radius 3 is 1.87 bits per heavy atom. The zero-order chi connectivity index (χ0) is 17.7. The van der Waals surface area contributed by atoms with Crippen molar-refractivity contribution in [1.29, 1.82) is 0 Å². The highest BCUT2D eigenvalue weighted by Gasteiger charge is 2.34. The molecule has 0 aromatic heterocycles. The van der Waals surface area contributed by atoms with Crippen molar-refractivity contribution in [2.24, 2.45) is 0 Å². The highest BCUT2D eigenvalue weighted by atomic mass is 31.2. The number of aliphatic carboxylic acids is 1. The Balaban J connectivity index is 2.92. The zero-order valence-electron chi connectivity index (χ0n) is 12.1. The minimum absolute atomic E-state index is 0.0423. The van der Waals surface area contributed by atoms with E-state index in [9.17, 15) is 19.0 Å². The van der Waals surface area contributed by atoms with Crippen molar-refractivity contribution in [3.05, 3.63) is 35.9 Å². The topological polar surface area (TPSA) is 156 Å². The fourth-order valence-corrected chi connectivity index (χ4v) is 3.82. The van der Waals surface area contributed by atoms with Gasteiger partial charge in [-0.25, -0.2) is 0 Å². The van der Waals surface area contributed by atoms with Gasteiger partial charge < -0.3 is 24.7 Å². The molecule has 23 heavy (non-hydrogen) atoms. The molecule has 0 aliphatic rings. The fourth-order valence-electron chi connectivity index (χ4n) is 2.13. The third kappa shape index (κ3) is 8.39.